The molecule has 2 unspecified atom stereocenters. The number of rotatable bonds is 6. The molecule has 1 aromatic carbocycles. The number of aromatic nitrogens is 1. The number of thiazole rings is 1. The van der Waals surface area contributed by atoms with E-state index in [9.17, 15) is 19.2 Å². The van der Waals surface area contributed by atoms with Gasteiger partial charge in [-0.05, 0) is 24.3 Å². The second-order valence-corrected chi connectivity index (χ2v) is 8.74. The van der Waals surface area contributed by atoms with Crippen molar-refractivity contribution in [3.8, 4) is 0 Å². The Balaban J connectivity index is 1.62. The molecule has 0 spiro atoms. The highest BCUT2D eigenvalue weighted by Crippen LogP contribution is 2.18. The molecule has 3 amide bonds. The molecule has 0 saturated heterocycles. The number of carbonyl (C=O) groups excluding carboxylic acids is 4. The highest BCUT2D eigenvalue weighted by Gasteiger charge is 2.32. The lowest BCUT2D eigenvalue weighted by molar-refractivity contribution is -0.140. The largest absolute Gasteiger partial charge is 0.445 e. The van der Waals surface area contributed by atoms with Gasteiger partial charge < -0.3 is 20.7 Å². The smallest absolute Gasteiger partial charge is 0.408 e. The summed E-state index contributed by atoms with van der Waals surface area (Å²) in [7, 11) is 0. The first-order valence-electron chi connectivity index (χ1n) is 10.4. The number of Topliss-reactive ketones (excluding diaryl/α,β-unsaturated/α-hetero) is 1. The predicted molar refractivity (Wildman–Crippen MR) is 118 cm³/mol. The van der Waals surface area contributed by atoms with E-state index in [1.165, 1.54) is 11.3 Å². The molecule has 170 valence electrons. The van der Waals surface area contributed by atoms with Gasteiger partial charge in [-0.25, -0.2) is 9.78 Å². The summed E-state index contributed by atoms with van der Waals surface area (Å²) in [5.41, 5.74) is 3.23. The molecule has 2 aromatic rings. The van der Waals surface area contributed by atoms with Crippen molar-refractivity contribution >= 4 is 35.0 Å². The second kappa shape index (κ2) is 10.9. The zero-order chi connectivity index (χ0) is 23.1. The van der Waals surface area contributed by atoms with Gasteiger partial charge in [0.05, 0.1) is 23.8 Å². The average Bonchev–Trinajstić information content (AvgIpc) is 3.24. The molecular weight excluding hydrogens is 432 g/mol. The fourth-order valence-electron chi connectivity index (χ4n) is 3.28. The first-order valence-corrected chi connectivity index (χ1v) is 11.2. The standard InChI is InChI=1S/C22H26N4O5S/c1-13(2)18(26-22(30)31-11-14-6-4-3-5-7-14)20(28)25-15-8-9-17-16(24-12-32-17)10-23-21(29)19(15)27/h3-7,12-13,15,18H,8-11H2,1-2H3,(H,23,29)(H,25,28)(H,26,30). The number of hydrogen-bond donors (Lipinski definition) is 3. The first kappa shape index (κ1) is 23.4. The van der Waals surface area contributed by atoms with E-state index in [-0.39, 0.29) is 25.5 Å². The molecule has 10 heteroatoms. The summed E-state index contributed by atoms with van der Waals surface area (Å²) in [6, 6.07) is 7.24. The van der Waals surface area contributed by atoms with Crippen LogP contribution in [0.25, 0.3) is 0 Å². The third-order valence-corrected chi connectivity index (χ3v) is 6.03. The van der Waals surface area contributed by atoms with Gasteiger partial charge in [0.25, 0.3) is 5.91 Å². The number of benzene rings is 1. The number of carbonyl (C=O) groups is 4. The topological polar surface area (TPSA) is 126 Å². The lowest BCUT2D eigenvalue weighted by atomic mass is 10.0. The van der Waals surface area contributed by atoms with Crippen molar-refractivity contribution in [3.05, 3.63) is 52.0 Å². The van der Waals surface area contributed by atoms with Crippen LogP contribution in [0, 0.1) is 5.92 Å². The van der Waals surface area contributed by atoms with E-state index in [0.717, 1.165) is 16.1 Å². The molecule has 0 aliphatic carbocycles. The molecule has 1 aliphatic heterocycles. The van der Waals surface area contributed by atoms with Gasteiger partial charge in [0.1, 0.15) is 12.6 Å². The van der Waals surface area contributed by atoms with Crippen molar-refractivity contribution in [2.24, 2.45) is 5.92 Å². The zero-order valence-corrected chi connectivity index (χ0v) is 18.7. The number of nitrogens with one attached hydrogen (secondary N) is 3. The Bertz CT molecular complexity index is 976. The number of nitrogens with zero attached hydrogens (tertiary/aromatic N) is 1. The Labute approximate surface area is 189 Å². The van der Waals surface area contributed by atoms with E-state index in [1.54, 1.807) is 19.4 Å². The molecule has 9 nitrogen and oxygen atoms in total. The molecule has 2 heterocycles. The maximum absolute atomic E-state index is 12.9. The van der Waals surface area contributed by atoms with Crippen molar-refractivity contribution in [2.45, 2.75) is 51.9 Å². The molecule has 32 heavy (non-hydrogen) atoms. The van der Waals surface area contributed by atoms with Crippen molar-refractivity contribution in [1.29, 1.82) is 0 Å². The maximum atomic E-state index is 12.9. The quantitative estimate of drug-likeness (QED) is 0.566. The summed E-state index contributed by atoms with van der Waals surface area (Å²) in [6.07, 6.45) is 0.0246. The third kappa shape index (κ3) is 6.13. The molecule has 0 radical (unpaired) electrons. The summed E-state index contributed by atoms with van der Waals surface area (Å²) in [6.45, 7) is 3.77. The minimum Gasteiger partial charge on any atom is -0.445 e. The number of alkyl carbamates (subject to hydrolysis) is 1. The van der Waals surface area contributed by atoms with Gasteiger partial charge in [-0.15, -0.1) is 11.3 Å². The predicted octanol–water partition coefficient (Wildman–Crippen LogP) is 1.71. The monoisotopic (exact) mass is 458 g/mol. The molecule has 2 atom stereocenters. The Morgan fingerprint density at radius 2 is 2.00 bits per heavy atom. The molecule has 1 aromatic heterocycles. The Hall–Kier alpha value is -3.27. The van der Waals surface area contributed by atoms with E-state index in [2.05, 4.69) is 20.9 Å². The van der Waals surface area contributed by atoms with Crippen molar-refractivity contribution in [1.82, 2.24) is 20.9 Å². The normalized spacial score (nSPS) is 17.3. The van der Waals surface area contributed by atoms with Gasteiger partial charge >= 0.3 is 6.09 Å². The second-order valence-electron chi connectivity index (χ2n) is 7.80. The van der Waals surface area contributed by atoms with Crippen LogP contribution in [0.5, 0.6) is 0 Å². The number of ether oxygens (including phenoxy) is 1. The van der Waals surface area contributed by atoms with Gasteiger partial charge in [-0.1, -0.05) is 44.2 Å². The Kier molecular flexibility index (Phi) is 7.93. The minimum atomic E-state index is -1.00. The van der Waals surface area contributed by atoms with Gasteiger partial charge in [-0.3, -0.25) is 14.4 Å². The van der Waals surface area contributed by atoms with Crippen LogP contribution >= 0.6 is 11.3 Å². The van der Waals surface area contributed by atoms with Crippen LogP contribution in [0.1, 0.15) is 36.4 Å². The molecule has 3 rings (SSSR count). The molecular formula is C22H26N4O5S. The van der Waals surface area contributed by atoms with Crippen molar-refractivity contribution < 1.29 is 23.9 Å². The van der Waals surface area contributed by atoms with E-state index < -0.39 is 35.8 Å². The minimum absolute atomic E-state index is 0.0670. The molecule has 0 saturated carbocycles. The number of fused-ring (bicyclic) bond motifs is 1. The third-order valence-electron chi connectivity index (χ3n) is 5.09. The molecule has 0 bridgehead atoms. The maximum Gasteiger partial charge on any atom is 0.408 e. The van der Waals surface area contributed by atoms with Crippen molar-refractivity contribution in [3.63, 3.8) is 0 Å². The SMILES string of the molecule is CC(C)C(NC(=O)OCc1ccccc1)C(=O)NC1CCc2scnc2CNC(=O)C1=O. The molecule has 0 fully saturated rings. The van der Waals surface area contributed by atoms with Gasteiger partial charge in [0.2, 0.25) is 11.7 Å². The fraction of sp³-hybridized carbons (Fsp3) is 0.409. The van der Waals surface area contributed by atoms with Crippen LogP contribution in [0.3, 0.4) is 0 Å². The lowest BCUT2D eigenvalue weighted by Crippen LogP contribution is -2.55. The summed E-state index contributed by atoms with van der Waals surface area (Å²) in [5, 5.41) is 7.75. The van der Waals surface area contributed by atoms with Gasteiger partial charge in [-0.2, -0.15) is 0 Å². The molecule has 1 aliphatic rings. The summed E-state index contributed by atoms with van der Waals surface area (Å²) in [5.74, 6) is -2.31. The highest BCUT2D eigenvalue weighted by atomic mass is 32.1. The number of aryl methyl sites for hydroxylation is 1. The summed E-state index contributed by atoms with van der Waals surface area (Å²) < 4.78 is 5.20. The Morgan fingerprint density at radius 3 is 2.72 bits per heavy atom. The molecule has 3 N–H and O–H groups in total. The van der Waals surface area contributed by atoms with Gasteiger partial charge in [0, 0.05) is 4.88 Å². The van der Waals surface area contributed by atoms with Crippen LogP contribution in [-0.2, 0) is 38.7 Å². The van der Waals surface area contributed by atoms with Crippen LogP contribution < -0.4 is 16.0 Å². The zero-order valence-electron chi connectivity index (χ0n) is 17.9. The highest BCUT2D eigenvalue weighted by molar-refractivity contribution is 7.09. The summed E-state index contributed by atoms with van der Waals surface area (Å²) >= 11 is 1.44. The lowest BCUT2D eigenvalue weighted by Gasteiger charge is -2.24. The summed E-state index contributed by atoms with van der Waals surface area (Å²) in [4.78, 5) is 55.1. The van der Waals surface area contributed by atoms with Crippen LogP contribution in [-0.4, -0.2) is 40.8 Å². The van der Waals surface area contributed by atoms with Gasteiger partial charge in [0.15, 0.2) is 0 Å². The van der Waals surface area contributed by atoms with E-state index in [1.807, 2.05) is 30.3 Å². The van der Waals surface area contributed by atoms with Crippen LogP contribution in [0.15, 0.2) is 35.8 Å². The first-order chi connectivity index (χ1) is 15.3. The van der Waals surface area contributed by atoms with E-state index in [4.69, 9.17) is 4.74 Å². The average molecular weight is 459 g/mol. The van der Waals surface area contributed by atoms with Crippen molar-refractivity contribution in [2.75, 3.05) is 0 Å². The number of ketones is 1. The Morgan fingerprint density at radius 1 is 1.25 bits per heavy atom. The number of hydrogen-bond acceptors (Lipinski definition) is 7. The van der Waals surface area contributed by atoms with E-state index in [0.29, 0.717) is 6.42 Å². The van der Waals surface area contributed by atoms with E-state index >= 15 is 0 Å². The van der Waals surface area contributed by atoms with Crippen LogP contribution in [0.4, 0.5) is 4.79 Å². The van der Waals surface area contributed by atoms with Crippen LogP contribution in [0.2, 0.25) is 0 Å². The number of amides is 3. The fourth-order valence-corrected chi connectivity index (χ4v) is 4.09.